The third-order valence-electron chi connectivity index (χ3n) is 8.61. The van der Waals surface area contributed by atoms with Crippen molar-refractivity contribution < 1.29 is 19.8 Å². The molecule has 1 aliphatic rings. The third-order valence-corrected chi connectivity index (χ3v) is 8.61. The van der Waals surface area contributed by atoms with Crippen molar-refractivity contribution in [1.82, 2.24) is 0 Å². The number of nitrogens with zero attached hydrogens (tertiary/aromatic N) is 7. The molecule has 0 unspecified atom stereocenters. The Bertz CT molecular complexity index is 2480. The highest BCUT2D eigenvalue weighted by atomic mass is 16.4. The minimum Gasteiger partial charge on any atom is -0.478 e. The summed E-state index contributed by atoms with van der Waals surface area (Å²) in [5, 5.41) is 77.8. The molecule has 270 valence electrons. The van der Waals surface area contributed by atoms with Gasteiger partial charge in [-0.2, -0.15) is 15.8 Å². The summed E-state index contributed by atoms with van der Waals surface area (Å²) in [5.74, 6) is -2.61. The van der Waals surface area contributed by atoms with Gasteiger partial charge < -0.3 is 15.1 Å². The Morgan fingerprint density at radius 1 is 0.732 bits per heavy atom. The maximum absolute atomic E-state index is 11.4. The molecule has 0 amide bonds. The Labute approximate surface area is 324 Å². The van der Waals surface area contributed by atoms with Gasteiger partial charge in [-0.3, -0.25) is 0 Å². The average molecular weight is 733 g/mol. The predicted octanol–water partition coefficient (Wildman–Crippen LogP) is 8.55. The zero-order valence-electron chi connectivity index (χ0n) is 29.9. The topological polar surface area (TPSA) is 221 Å². The molecule has 0 fully saturated rings. The summed E-state index contributed by atoms with van der Waals surface area (Å²) >= 11 is 0. The first-order valence-electron chi connectivity index (χ1n) is 16.9. The van der Waals surface area contributed by atoms with Crippen LogP contribution >= 0.6 is 0 Å². The van der Waals surface area contributed by atoms with Gasteiger partial charge in [-0.05, 0) is 72.4 Å². The van der Waals surface area contributed by atoms with Gasteiger partial charge in [-0.15, -0.1) is 29.3 Å². The van der Waals surface area contributed by atoms with Gasteiger partial charge in [-0.25, -0.2) is 25.4 Å². The molecule has 3 aromatic carbocycles. The lowest BCUT2D eigenvalue weighted by molar-refractivity contribution is 0.0686. The van der Waals surface area contributed by atoms with Crippen LogP contribution in [0.15, 0.2) is 149 Å². The molecule has 1 aliphatic carbocycles. The van der Waals surface area contributed by atoms with E-state index in [1.165, 1.54) is 60.7 Å². The van der Waals surface area contributed by atoms with E-state index in [1.807, 2.05) is 73.7 Å². The highest BCUT2D eigenvalue weighted by Crippen LogP contribution is 2.38. The van der Waals surface area contributed by atoms with E-state index in [2.05, 4.69) is 17.0 Å². The molecule has 0 aromatic heterocycles. The number of carboxylic acid groups (broad SMARTS) is 2. The van der Waals surface area contributed by atoms with Gasteiger partial charge in [0.2, 0.25) is 0 Å². The Kier molecular flexibility index (Phi) is 13.8. The second-order valence-corrected chi connectivity index (χ2v) is 11.8. The van der Waals surface area contributed by atoms with Crippen molar-refractivity contribution in [2.24, 2.45) is 0 Å². The summed E-state index contributed by atoms with van der Waals surface area (Å²) in [6.45, 7) is 2.57. The minimum atomic E-state index is -1.15. The standard InChI is InChI=1S/C45H30N7O4/c1-2-52(40-12-4-3-5-13-40)43-32(8-6-10-36(24-46)41(38(26-48)27-49)30-14-20-34(21-15-30)44(53)54)18-19-33(43)9-7-11-37(25-47)42(39(28-50)29-51)31-16-22-35(23-17-31)45(55)56/h3-17,20-23H,2,18-19H2,1H3,(H,53,54)(H,55,56)/q-1/b8-6+,11-7+,33-9+,36-10+,42-37+. The molecule has 0 saturated heterocycles. The predicted molar refractivity (Wildman–Crippen MR) is 208 cm³/mol. The molecule has 56 heavy (non-hydrogen) atoms. The van der Waals surface area contributed by atoms with E-state index in [9.17, 15) is 51.4 Å². The van der Waals surface area contributed by atoms with Crippen LogP contribution in [0.25, 0.3) is 11.1 Å². The lowest BCUT2D eigenvalue weighted by atomic mass is 9.89. The molecule has 11 heteroatoms. The van der Waals surface area contributed by atoms with Crippen molar-refractivity contribution in [3.63, 3.8) is 0 Å². The number of hydrogen-bond acceptors (Lipinski definition) is 9. The lowest BCUT2D eigenvalue weighted by Gasteiger charge is -2.27. The van der Waals surface area contributed by atoms with Gasteiger partial charge >= 0.3 is 11.9 Å². The van der Waals surface area contributed by atoms with Gasteiger partial charge in [0.05, 0.1) is 22.8 Å². The van der Waals surface area contributed by atoms with Crippen LogP contribution in [0.5, 0.6) is 0 Å². The van der Waals surface area contributed by atoms with Gasteiger partial charge in [0.25, 0.3) is 0 Å². The van der Waals surface area contributed by atoms with E-state index in [0.29, 0.717) is 30.5 Å². The van der Waals surface area contributed by atoms with Gasteiger partial charge in [0.1, 0.15) is 17.7 Å². The lowest BCUT2D eigenvalue weighted by Crippen LogP contribution is -2.22. The molecule has 0 spiro atoms. The van der Waals surface area contributed by atoms with Crippen molar-refractivity contribution in [3.8, 4) is 36.4 Å². The number of allylic oxidation sites excluding steroid dienone is 13. The Morgan fingerprint density at radius 3 is 1.80 bits per heavy atom. The van der Waals surface area contributed by atoms with Gasteiger partial charge in [0, 0.05) is 47.6 Å². The summed E-state index contributed by atoms with van der Waals surface area (Å²) in [6.07, 6.45) is 11.2. The molecule has 0 heterocycles. The van der Waals surface area contributed by atoms with E-state index in [1.54, 1.807) is 12.2 Å². The van der Waals surface area contributed by atoms with Crippen molar-refractivity contribution in [2.45, 2.75) is 19.8 Å². The Hall–Kier alpha value is -8.61. The van der Waals surface area contributed by atoms with Crippen LogP contribution < -0.4 is 4.90 Å². The van der Waals surface area contributed by atoms with E-state index in [4.69, 9.17) is 0 Å². The van der Waals surface area contributed by atoms with Crippen LogP contribution in [-0.4, -0.2) is 28.7 Å². The van der Waals surface area contributed by atoms with E-state index in [-0.39, 0.29) is 44.9 Å². The van der Waals surface area contributed by atoms with Crippen LogP contribution in [0, 0.1) is 73.9 Å². The largest absolute Gasteiger partial charge is 0.478 e. The number of likely N-dealkylation sites (N-methyl/N-ethyl adjacent to an activating group) is 1. The monoisotopic (exact) mass is 732 g/mol. The minimum absolute atomic E-state index is 0.00394. The molecule has 0 radical (unpaired) electrons. The maximum Gasteiger partial charge on any atom is 0.335 e. The zero-order valence-corrected chi connectivity index (χ0v) is 29.9. The number of anilines is 1. The number of carboxylic acids is 2. The van der Waals surface area contributed by atoms with Crippen molar-refractivity contribution in [1.29, 1.82) is 31.6 Å². The van der Waals surface area contributed by atoms with E-state index < -0.39 is 11.9 Å². The number of carbonyl (C=O) groups is 2. The number of rotatable bonds is 13. The fourth-order valence-corrected chi connectivity index (χ4v) is 6.04. The van der Waals surface area contributed by atoms with Crippen LogP contribution in [0.2, 0.25) is 0 Å². The number of nitriles is 6. The fourth-order valence-electron chi connectivity index (χ4n) is 6.04. The first-order chi connectivity index (χ1) is 27.1. The number of hydrogen-bond donors (Lipinski definition) is 2. The smallest absolute Gasteiger partial charge is 0.335 e. The molecule has 11 nitrogen and oxygen atoms in total. The second-order valence-electron chi connectivity index (χ2n) is 11.8. The van der Waals surface area contributed by atoms with Gasteiger partial charge in [0.15, 0.2) is 0 Å². The fraction of sp³-hybridized carbons (Fsp3) is 0.0889. The number of aromatic carboxylic acids is 2. The van der Waals surface area contributed by atoms with Gasteiger partial charge in [-0.1, -0.05) is 66.8 Å². The maximum atomic E-state index is 11.4. The molecule has 0 saturated carbocycles. The highest BCUT2D eigenvalue weighted by Gasteiger charge is 2.24. The highest BCUT2D eigenvalue weighted by molar-refractivity contribution is 5.93. The molecule has 3 aromatic rings. The average Bonchev–Trinajstić information content (AvgIpc) is 3.62. The van der Waals surface area contributed by atoms with E-state index in [0.717, 1.165) is 22.5 Å². The summed E-state index contributed by atoms with van der Waals surface area (Å²) in [6, 6.07) is 32.2. The summed E-state index contributed by atoms with van der Waals surface area (Å²) in [4.78, 5) is 24.9. The van der Waals surface area contributed by atoms with Crippen molar-refractivity contribution >= 4 is 28.8 Å². The SMILES string of the molecule is CCN(C1=C(/C=C/C=C(\C#N)C(=C(C#N)C#N)c2ccc(C(=O)O)cc2)CC\C1=C/C=C/C(C#N)=C(/c1ccc(C(=O)O)cc1)[C-](C#N)C#N)c1ccccc1. The van der Waals surface area contributed by atoms with Crippen LogP contribution in [0.1, 0.15) is 51.6 Å². The zero-order chi connectivity index (χ0) is 40.6. The summed E-state index contributed by atoms with van der Waals surface area (Å²) in [5.41, 5.74) is 4.11. The van der Waals surface area contributed by atoms with Crippen LogP contribution in [-0.2, 0) is 0 Å². The Morgan fingerprint density at radius 2 is 1.30 bits per heavy atom. The molecule has 0 bridgehead atoms. The van der Waals surface area contributed by atoms with Crippen molar-refractivity contribution in [3.05, 3.63) is 177 Å². The first kappa shape index (κ1) is 40.2. The van der Waals surface area contributed by atoms with E-state index >= 15 is 0 Å². The summed E-state index contributed by atoms with van der Waals surface area (Å²) < 4.78 is 0. The molecule has 4 rings (SSSR count). The molecule has 0 aliphatic heterocycles. The molecule has 0 atom stereocenters. The third kappa shape index (κ3) is 9.24. The first-order valence-corrected chi connectivity index (χ1v) is 16.9. The number of para-hydroxylation sites is 1. The van der Waals surface area contributed by atoms with Crippen LogP contribution in [0.4, 0.5) is 5.69 Å². The Balaban J connectivity index is 1.84. The second kappa shape index (κ2) is 19.3. The summed E-state index contributed by atoms with van der Waals surface area (Å²) in [7, 11) is 0. The quantitative estimate of drug-likeness (QED) is 0.0962. The van der Waals surface area contributed by atoms with Crippen LogP contribution in [0.3, 0.4) is 0 Å². The molecular formula is C45H30N7O4-. The number of benzene rings is 3. The normalized spacial score (nSPS) is 13.4. The molecule has 2 N–H and O–H groups in total. The van der Waals surface area contributed by atoms with Crippen molar-refractivity contribution in [2.75, 3.05) is 11.4 Å². The molecular weight excluding hydrogens is 703 g/mol.